The topological polar surface area (TPSA) is 37.3 Å². The summed E-state index contributed by atoms with van der Waals surface area (Å²) in [6, 6.07) is 7.54. The van der Waals surface area contributed by atoms with Gasteiger partial charge in [0.1, 0.15) is 0 Å². The van der Waals surface area contributed by atoms with Gasteiger partial charge in [0.2, 0.25) is 0 Å². The second-order valence-corrected chi connectivity index (χ2v) is 4.75. The van der Waals surface area contributed by atoms with Crippen molar-refractivity contribution in [1.29, 1.82) is 0 Å². The Labute approximate surface area is 93.1 Å². The Morgan fingerprint density at radius 1 is 1.40 bits per heavy atom. The molecule has 2 nitrogen and oxygen atoms in total. The highest BCUT2D eigenvalue weighted by Crippen LogP contribution is 2.09. The molecule has 1 aromatic rings. The molecule has 2 atom stereocenters. The molecule has 0 spiro atoms. The van der Waals surface area contributed by atoms with Crippen LogP contribution in [0.15, 0.2) is 40.6 Å². The minimum absolute atomic E-state index is 0.501. The summed E-state index contributed by atoms with van der Waals surface area (Å²) in [5, 5.41) is 10.8. The number of rotatable bonds is 4. The maximum atomic E-state index is 11.7. The quantitative estimate of drug-likeness (QED) is 0.852. The molecule has 0 saturated carbocycles. The fourth-order valence-electron chi connectivity index (χ4n) is 1.05. The van der Waals surface area contributed by atoms with E-state index < -0.39 is 16.9 Å². The third kappa shape index (κ3) is 3.98. The number of aliphatic hydroxyl groups excluding tert-OH is 1. The first kappa shape index (κ1) is 12.1. The van der Waals surface area contributed by atoms with Crippen LogP contribution in [0.2, 0.25) is 0 Å². The predicted octanol–water partition coefficient (Wildman–Crippen LogP) is 2.39. The van der Waals surface area contributed by atoms with Crippen molar-refractivity contribution in [3.05, 3.63) is 41.3 Å². The summed E-state index contributed by atoms with van der Waals surface area (Å²) in [7, 11) is -1.15. The lowest BCUT2D eigenvalue weighted by Gasteiger charge is -2.00. The Balaban J connectivity index is 2.69. The van der Waals surface area contributed by atoms with Gasteiger partial charge in [0.25, 0.3) is 0 Å². The van der Waals surface area contributed by atoms with Gasteiger partial charge in [-0.2, -0.15) is 0 Å². The Kier molecular flexibility index (Phi) is 4.72. The van der Waals surface area contributed by atoms with E-state index in [9.17, 15) is 9.32 Å². The van der Waals surface area contributed by atoms with Crippen molar-refractivity contribution in [2.24, 2.45) is 0 Å². The summed E-state index contributed by atoms with van der Waals surface area (Å²) in [5.41, 5.74) is 1.15. The lowest BCUT2D eigenvalue weighted by molar-refractivity contribution is 0.219. The van der Waals surface area contributed by atoms with Gasteiger partial charge in [0.15, 0.2) is 0 Å². The summed E-state index contributed by atoms with van der Waals surface area (Å²) in [6.45, 7) is 3.87. The second-order valence-electron chi connectivity index (χ2n) is 3.41. The molecule has 0 fully saturated rings. The lowest BCUT2D eigenvalue weighted by atomic mass is 10.2. The van der Waals surface area contributed by atoms with Crippen LogP contribution in [0.25, 0.3) is 0 Å². The molecule has 0 amide bonds. The van der Waals surface area contributed by atoms with Crippen molar-refractivity contribution in [3.8, 4) is 0 Å². The molecule has 1 aromatic carbocycles. The van der Waals surface area contributed by atoms with E-state index in [1.54, 1.807) is 11.5 Å². The van der Waals surface area contributed by atoms with E-state index in [2.05, 4.69) is 0 Å². The summed E-state index contributed by atoms with van der Waals surface area (Å²) in [6.07, 6.45) is 1.72. The molecule has 0 bridgehead atoms. The zero-order chi connectivity index (χ0) is 11.3. The Hall–Kier alpha value is -0.930. The minimum Gasteiger partial charge on any atom is -0.389 e. The normalized spacial score (nSPS) is 15.4. The number of aryl methyl sites for hydroxylation is 1. The van der Waals surface area contributed by atoms with Crippen LogP contribution in [0.4, 0.5) is 0 Å². The highest BCUT2D eigenvalue weighted by atomic mass is 32.2. The highest BCUT2D eigenvalue weighted by Gasteiger charge is 2.00. The van der Waals surface area contributed by atoms with Crippen molar-refractivity contribution < 1.29 is 9.32 Å². The molecule has 0 aromatic heterocycles. The molecule has 3 heteroatoms. The van der Waals surface area contributed by atoms with E-state index in [0.29, 0.717) is 6.42 Å². The molecule has 0 radical (unpaired) electrons. The third-order valence-electron chi connectivity index (χ3n) is 2.10. The zero-order valence-corrected chi connectivity index (χ0v) is 9.83. The second kappa shape index (κ2) is 5.83. The van der Waals surface area contributed by atoms with E-state index in [0.717, 1.165) is 10.5 Å². The summed E-state index contributed by atoms with van der Waals surface area (Å²) < 4.78 is 11.7. The Morgan fingerprint density at radius 2 is 2.00 bits per heavy atom. The van der Waals surface area contributed by atoms with Gasteiger partial charge in [-0.25, -0.2) is 4.21 Å². The van der Waals surface area contributed by atoms with E-state index in [4.69, 9.17) is 0 Å². The van der Waals surface area contributed by atoms with Crippen molar-refractivity contribution >= 4 is 10.8 Å². The minimum atomic E-state index is -1.15. The van der Waals surface area contributed by atoms with Gasteiger partial charge in [-0.3, -0.25) is 0 Å². The van der Waals surface area contributed by atoms with Crippen molar-refractivity contribution in [2.45, 2.75) is 31.3 Å². The monoisotopic (exact) mass is 224 g/mol. The smallest absolute Gasteiger partial charge is 0.0773 e. The maximum Gasteiger partial charge on any atom is 0.0773 e. The molecule has 0 heterocycles. The van der Waals surface area contributed by atoms with E-state index in [1.807, 2.05) is 38.1 Å². The van der Waals surface area contributed by atoms with Crippen molar-refractivity contribution in [3.63, 3.8) is 0 Å². The molecule has 15 heavy (non-hydrogen) atoms. The molecule has 0 aliphatic rings. The van der Waals surface area contributed by atoms with Crippen LogP contribution in [-0.4, -0.2) is 15.4 Å². The van der Waals surface area contributed by atoms with Gasteiger partial charge in [0, 0.05) is 10.3 Å². The first-order valence-corrected chi connectivity index (χ1v) is 6.18. The number of hydrogen-bond donors (Lipinski definition) is 1. The van der Waals surface area contributed by atoms with Crippen molar-refractivity contribution in [2.75, 3.05) is 0 Å². The number of aliphatic hydroxyl groups is 1. The van der Waals surface area contributed by atoms with Crippen LogP contribution in [0.3, 0.4) is 0 Å². The molecule has 1 N–H and O–H groups in total. The summed E-state index contributed by atoms with van der Waals surface area (Å²) in [4.78, 5) is 0.764. The Bertz CT molecular complexity index is 354. The Morgan fingerprint density at radius 3 is 2.53 bits per heavy atom. The molecule has 0 aliphatic heterocycles. The van der Waals surface area contributed by atoms with Crippen molar-refractivity contribution in [1.82, 2.24) is 0 Å². The third-order valence-corrected chi connectivity index (χ3v) is 3.24. The molecule has 0 unspecified atom stereocenters. The van der Waals surface area contributed by atoms with Gasteiger partial charge >= 0.3 is 0 Å². The molecular weight excluding hydrogens is 208 g/mol. The average molecular weight is 224 g/mol. The van der Waals surface area contributed by atoms with Crippen LogP contribution in [0.1, 0.15) is 18.9 Å². The van der Waals surface area contributed by atoms with E-state index >= 15 is 0 Å². The van der Waals surface area contributed by atoms with Crippen LogP contribution in [0, 0.1) is 6.92 Å². The summed E-state index contributed by atoms with van der Waals surface area (Å²) >= 11 is 0. The SMILES string of the molecule is CC[C@H](O)/C=C/[S@@](=O)c1ccc(C)cc1. The summed E-state index contributed by atoms with van der Waals surface area (Å²) in [5.74, 6) is 0. The average Bonchev–Trinajstić information content (AvgIpc) is 2.26. The van der Waals surface area contributed by atoms with E-state index in [-0.39, 0.29) is 0 Å². The van der Waals surface area contributed by atoms with Gasteiger partial charge in [-0.1, -0.05) is 24.6 Å². The highest BCUT2D eigenvalue weighted by molar-refractivity contribution is 7.88. The zero-order valence-electron chi connectivity index (χ0n) is 9.01. The molecular formula is C12H16O2S. The van der Waals surface area contributed by atoms with Gasteiger partial charge in [0.05, 0.1) is 16.9 Å². The standard InChI is InChI=1S/C12H16O2S/c1-3-11(13)8-9-15(14)12-6-4-10(2)5-7-12/h4-9,11,13H,3H2,1-2H3/b9-8+/t11-,15+/m0/s1. The van der Waals surface area contributed by atoms with Crippen LogP contribution in [0.5, 0.6) is 0 Å². The van der Waals surface area contributed by atoms with E-state index in [1.165, 1.54) is 0 Å². The van der Waals surface area contributed by atoms with Gasteiger partial charge < -0.3 is 5.11 Å². The van der Waals surface area contributed by atoms with Crippen LogP contribution in [-0.2, 0) is 10.8 Å². The number of benzene rings is 1. The van der Waals surface area contributed by atoms with Crippen LogP contribution >= 0.6 is 0 Å². The first-order valence-electron chi connectivity index (χ1n) is 4.97. The molecule has 82 valence electrons. The maximum absolute atomic E-state index is 11.7. The van der Waals surface area contributed by atoms with Gasteiger partial charge in [-0.05, 0) is 31.6 Å². The lowest BCUT2D eigenvalue weighted by Crippen LogP contribution is -1.99. The predicted molar refractivity (Wildman–Crippen MR) is 63.0 cm³/mol. The largest absolute Gasteiger partial charge is 0.389 e. The fraction of sp³-hybridized carbons (Fsp3) is 0.333. The fourth-order valence-corrected chi connectivity index (χ4v) is 1.93. The van der Waals surface area contributed by atoms with Crippen LogP contribution < -0.4 is 0 Å². The first-order chi connectivity index (χ1) is 7.13. The molecule has 0 aliphatic carbocycles. The number of hydrogen-bond acceptors (Lipinski definition) is 2. The van der Waals surface area contributed by atoms with Gasteiger partial charge in [-0.15, -0.1) is 0 Å². The molecule has 1 rings (SSSR count). The molecule has 0 saturated heterocycles.